The first-order valence-corrected chi connectivity index (χ1v) is 6.52. The molecule has 17 heavy (non-hydrogen) atoms. The van der Waals surface area contributed by atoms with E-state index in [1.54, 1.807) is 0 Å². The molecule has 2 fully saturated rings. The van der Waals surface area contributed by atoms with Gasteiger partial charge >= 0.3 is 0 Å². The van der Waals surface area contributed by atoms with Gasteiger partial charge in [-0.05, 0) is 12.5 Å². The zero-order valence-corrected chi connectivity index (χ0v) is 9.82. The average molecular weight is 254 g/mol. The van der Waals surface area contributed by atoms with Gasteiger partial charge in [0.15, 0.2) is 5.82 Å². The van der Waals surface area contributed by atoms with Crippen LogP contribution >= 0.6 is 11.8 Å². The van der Waals surface area contributed by atoms with Gasteiger partial charge < -0.3 is 4.90 Å². The normalized spacial score (nSPS) is 26.5. The quantitative estimate of drug-likeness (QED) is 0.600. The maximum atomic E-state index is 13.8. The maximum absolute atomic E-state index is 13.8. The number of nitro benzene ring substituents is 1. The highest BCUT2D eigenvalue weighted by Crippen LogP contribution is 2.41. The minimum absolute atomic E-state index is 0.190. The average Bonchev–Trinajstić information content (AvgIpc) is 2.90. The second-order valence-electron chi connectivity index (χ2n) is 4.39. The van der Waals surface area contributed by atoms with Crippen LogP contribution in [0.5, 0.6) is 0 Å². The number of non-ortho nitro benzene ring substituents is 1. The van der Waals surface area contributed by atoms with Gasteiger partial charge in [0.1, 0.15) is 0 Å². The van der Waals surface area contributed by atoms with Crippen LogP contribution in [0.1, 0.15) is 6.42 Å². The standard InChI is InChI=1S/C11H11FN2O2S/c12-10-4-7(14(15)16)1-2-11(10)13-5-9-3-8(13)6-17-9/h1-2,4,8-9H,3,5-6H2/t8-,9-/m0/s1. The van der Waals surface area contributed by atoms with Crippen molar-refractivity contribution < 1.29 is 9.31 Å². The summed E-state index contributed by atoms with van der Waals surface area (Å²) in [4.78, 5) is 12.0. The highest BCUT2D eigenvalue weighted by Gasteiger charge is 2.39. The van der Waals surface area contributed by atoms with Crippen LogP contribution in [0.4, 0.5) is 15.8 Å². The minimum atomic E-state index is -0.571. The molecule has 2 aliphatic rings. The Labute approximate surface area is 102 Å². The van der Waals surface area contributed by atoms with Crippen molar-refractivity contribution in [1.82, 2.24) is 0 Å². The summed E-state index contributed by atoms with van der Waals surface area (Å²) in [6, 6.07) is 4.30. The molecule has 0 N–H and O–H groups in total. The Kier molecular flexibility index (Phi) is 2.47. The Morgan fingerprint density at radius 2 is 2.35 bits per heavy atom. The fourth-order valence-corrected chi connectivity index (χ4v) is 3.97. The molecule has 1 aromatic carbocycles. The van der Waals surface area contributed by atoms with E-state index in [-0.39, 0.29) is 5.69 Å². The van der Waals surface area contributed by atoms with Crippen LogP contribution in [0.15, 0.2) is 18.2 Å². The fraction of sp³-hybridized carbons (Fsp3) is 0.455. The molecule has 2 saturated heterocycles. The van der Waals surface area contributed by atoms with E-state index in [0.29, 0.717) is 17.0 Å². The summed E-state index contributed by atoms with van der Waals surface area (Å²) in [5.41, 5.74) is 0.313. The van der Waals surface area contributed by atoms with E-state index in [4.69, 9.17) is 0 Å². The number of thioether (sulfide) groups is 1. The third-order valence-electron chi connectivity index (χ3n) is 3.35. The van der Waals surface area contributed by atoms with Crippen molar-refractivity contribution >= 4 is 23.1 Å². The van der Waals surface area contributed by atoms with E-state index < -0.39 is 10.7 Å². The molecule has 2 heterocycles. The third-order valence-corrected chi connectivity index (χ3v) is 4.74. The number of rotatable bonds is 2. The SMILES string of the molecule is O=[N+]([O-])c1ccc(N2C[C@@H]3C[C@H]2CS3)c(F)c1. The molecule has 0 saturated carbocycles. The van der Waals surface area contributed by atoms with E-state index in [9.17, 15) is 14.5 Å². The summed E-state index contributed by atoms with van der Waals surface area (Å²) >= 11 is 1.93. The van der Waals surface area contributed by atoms with Crippen LogP contribution in [0.2, 0.25) is 0 Å². The Balaban J connectivity index is 1.91. The maximum Gasteiger partial charge on any atom is 0.272 e. The lowest BCUT2D eigenvalue weighted by Gasteiger charge is -2.28. The molecule has 0 spiro atoms. The molecule has 2 aliphatic heterocycles. The monoisotopic (exact) mass is 254 g/mol. The lowest BCUT2D eigenvalue weighted by atomic mass is 10.2. The largest absolute Gasteiger partial charge is 0.364 e. The van der Waals surface area contributed by atoms with Crippen LogP contribution in [-0.4, -0.2) is 28.5 Å². The van der Waals surface area contributed by atoms with Gasteiger partial charge in [0.05, 0.1) is 16.7 Å². The van der Waals surface area contributed by atoms with Gasteiger partial charge in [-0.2, -0.15) is 11.8 Å². The molecule has 6 heteroatoms. The van der Waals surface area contributed by atoms with Crippen molar-refractivity contribution in [3.63, 3.8) is 0 Å². The van der Waals surface area contributed by atoms with Crippen LogP contribution in [0.25, 0.3) is 0 Å². The molecule has 4 nitrogen and oxygen atoms in total. The van der Waals surface area contributed by atoms with E-state index >= 15 is 0 Å². The van der Waals surface area contributed by atoms with Crippen molar-refractivity contribution in [1.29, 1.82) is 0 Å². The molecular weight excluding hydrogens is 243 g/mol. The van der Waals surface area contributed by atoms with Gasteiger partial charge in [0, 0.05) is 29.7 Å². The predicted octanol–water partition coefficient (Wildman–Crippen LogP) is 2.43. The number of halogens is 1. The lowest BCUT2D eigenvalue weighted by Crippen LogP contribution is -2.34. The fourth-order valence-electron chi connectivity index (χ4n) is 2.54. The van der Waals surface area contributed by atoms with Gasteiger partial charge in [-0.15, -0.1) is 0 Å². The lowest BCUT2D eigenvalue weighted by molar-refractivity contribution is -0.385. The topological polar surface area (TPSA) is 46.4 Å². The number of fused-ring (bicyclic) bond motifs is 2. The predicted molar refractivity (Wildman–Crippen MR) is 65.1 cm³/mol. The molecule has 0 amide bonds. The second-order valence-corrected chi connectivity index (χ2v) is 5.72. The first kappa shape index (κ1) is 10.8. The van der Waals surface area contributed by atoms with Crippen molar-refractivity contribution in [3.05, 3.63) is 34.1 Å². The van der Waals surface area contributed by atoms with Crippen molar-refractivity contribution in [2.24, 2.45) is 0 Å². The molecule has 0 unspecified atom stereocenters. The first-order valence-electron chi connectivity index (χ1n) is 5.47. The Bertz CT molecular complexity index is 483. The molecule has 0 aliphatic carbocycles. The summed E-state index contributed by atoms with van der Waals surface area (Å²) < 4.78 is 13.8. The van der Waals surface area contributed by atoms with Crippen LogP contribution < -0.4 is 4.90 Å². The van der Waals surface area contributed by atoms with Crippen molar-refractivity contribution in [2.75, 3.05) is 17.2 Å². The number of benzene rings is 1. The van der Waals surface area contributed by atoms with Crippen LogP contribution in [-0.2, 0) is 0 Å². The van der Waals surface area contributed by atoms with Crippen LogP contribution in [0.3, 0.4) is 0 Å². The van der Waals surface area contributed by atoms with Crippen LogP contribution in [0, 0.1) is 15.9 Å². The molecule has 1 aromatic rings. The Hall–Kier alpha value is -1.30. The second kappa shape index (κ2) is 3.87. The number of anilines is 1. The first-order chi connectivity index (χ1) is 8.15. The zero-order chi connectivity index (χ0) is 12.0. The van der Waals surface area contributed by atoms with E-state index in [1.165, 1.54) is 12.1 Å². The number of nitro groups is 1. The molecule has 3 rings (SSSR count). The molecule has 0 aromatic heterocycles. The number of hydrogen-bond donors (Lipinski definition) is 0. The number of nitrogens with zero attached hydrogens (tertiary/aromatic N) is 2. The van der Waals surface area contributed by atoms with Gasteiger partial charge in [-0.25, -0.2) is 4.39 Å². The number of hydrogen-bond acceptors (Lipinski definition) is 4. The summed E-state index contributed by atoms with van der Waals surface area (Å²) in [6.45, 7) is 0.851. The summed E-state index contributed by atoms with van der Waals surface area (Å²) in [7, 11) is 0. The van der Waals surface area contributed by atoms with Gasteiger partial charge in [0.2, 0.25) is 0 Å². The highest BCUT2D eigenvalue weighted by atomic mass is 32.2. The third kappa shape index (κ3) is 1.76. The summed E-state index contributed by atoms with van der Waals surface area (Å²) in [5.74, 6) is 0.540. The summed E-state index contributed by atoms with van der Waals surface area (Å²) in [5, 5.41) is 11.1. The molecule has 2 bridgehead atoms. The highest BCUT2D eigenvalue weighted by molar-refractivity contribution is 8.00. The zero-order valence-electron chi connectivity index (χ0n) is 9.01. The molecular formula is C11H11FN2O2S. The minimum Gasteiger partial charge on any atom is -0.364 e. The van der Waals surface area contributed by atoms with E-state index in [2.05, 4.69) is 0 Å². The molecule has 90 valence electrons. The van der Waals surface area contributed by atoms with E-state index in [0.717, 1.165) is 24.8 Å². The van der Waals surface area contributed by atoms with Crippen molar-refractivity contribution in [2.45, 2.75) is 17.7 Å². The van der Waals surface area contributed by atoms with Gasteiger partial charge in [-0.3, -0.25) is 10.1 Å². The van der Waals surface area contributed by atoms with Gasteiger partial charge in [-0.1, -0.05) is 0 Å². The molecule has 2 atom stereocenters. The smallest absolute Gasteiger partial charge is 0.272 e. The van der Waals surface area contributed by atoms with Gasteiger partial charge in [0.25, 0.3) is 5.69 Å². The molecule has 0 radical (unpaired) electrons. The van der Waals surface area contributed by atoms with E-state index in [1.807, 2.05) is 16.7 Å². The van der Waals surface area contributed by atoms with Crippen molar-refractivity contribution in [3.8, 4) is 0 Å². The Morgan fingerprint density at radius 3 is 2.88 bits per heavy atom. The Morgan fingerprint density at radius 1 is 1.53 bits per heavy atom. The summed E-state index contributed by atoms with van der Waals surface area (Å²) in [6.07, 6.45) is 1.10.